The molecule has 2 aromatic rings. The van der Waals surface area contributed by atoms with E-state index in [2.05, 4.69) is 10.3 Å². The van der Waals surface area contributed by atoms with Crippen LogP contribution in [0.25, 0.3) is 10.9 Å². The van der Waals surface area contributed by atoms with Crippen molar-refractivity contribution >= 4 is 16.8 Å². The lowest BCUT2D eigenvalue weighted by Gasteiger charge is -2.18. The van der Waals surface area contributed by atoms with Gasteiger partial charge in [0.05, 0.1) is 5.41 Å². The highest BCUT2D eigenvalue weighted by Crippen LogP contribution is 2.50. The quantitative estimate of drug-likeness (QED) is 0.883. The standard InChI is InChI=1S/C16H19FN2O/c1-3-10(2)19-15(20)16(6-7-16)13-9-18-14-5-4-11(17)8-12(13)14/h4-5,8-10,18H,3,6-7H2,1-2H3,(H,19,20). The van der Waals surface area contributed by atoms with Crippen molar-refractivity contribution in [2.24, 2.45) is 0 Å². The van der Waals surface area contributed by atoms with E-state index in [0.29, 0.717) is 0 Å². The number of hydrogen-bond acceptors (Lipinski definition) is 1. The molecule has 1 aliphatic carbocycles. The molecular weight excluding hydrogens is 255 g/mol. The van der Waals surface area contributed by atoms with Gasteiger partial charge in [-0.15, -0.1) is 0 Å². The third-order valence-corrected chi connectivity index (χ3v) is 4.33. The summed E-state index contributed by atoms with van der Waals surface area (Å²) in [4.78, 5) is 15.6. The Balaban J connectivity index is 1.98. The van der Waals surface area contributed by atoms with Crippen molar-refractivity contribution in [2.75, 3.05) is 0 Å². The zero-order valence-electron chi connectivity index (χ0n) is 11.8. The summed E-state index contributed by atoms with van der Waals surface area (Å²) in [6.45, 7) is 4.05. The number of halogens is 1. The lowest BCUT2D eigenvalue weighted by molar-refractivity contribution is -0.124. The first-order valence-electron chi connectivity index (χ1n) is 7.15. The summed E-state index contributed by atoms with van der Waals surface area (Å²) >= 11 is 0. The van der Waals surface area contributed by atoms with Gasteiger partial charge in [0, 0.05) is 23.1 Å². The first-order chi connectivity index (χ1) is 9.56. The van der Waals surface area contributed by atoms with E-state index in [1.54, 1.807) is 6.07 Å². The van der Waals surface area contributed by atoms with Crippen molar-refractivity contribution in [3.63, 3.8) is 0 Å². The second-order valence-electron chi connectivity index (χ2n) is 5.76. The van der Waals surface area contributed by atoms with Gasteiger partial charge in [0.25, 0.3) is 0 Å². The van der Waals surface area contributed by atoms with Crippen LogP contribution in [0.5, 0.6) is 0 Å². The zero-order valence-corrected chi connectivity index (χ0v) is 11.8. The molecule has 1 aromatic heterocycles. The number of rotatable bonds is 4. The minimum Gasteiger partial charge on any atom is -0.361 e. The van der Waals surface area contributed by atoms with Gasteiger partial charge in [-0.3, -0.25) is 4.79 Å². The van der Waals surface area contributed by atoms with Gasteiger partial charge in [-0.25, -0.2) is 4.39 Å². The van der Waals surface area contributed by atoms with Gasteiger partial charge in [-0.05, 0) is 49.9 Å². The van der Waals surface area contributed by atoms with Crippen molar-refractivity contribution in [1.82, 2.24) is 10.3 Å². The maximum Gasteiger partial charge on any atom is 0.230 e. The smallest absolute Gasteiger partial charge is 0.230 e. The number of aromatic amines is 1. The fourth-order valence-electron chi connectivity index (χ4n) is 2.70. The Bertz CT molecular complexity index is 658. The van der Waals surface area contributed by atoms with E-state index >= 15 is 0 Å². The molecular formula is C16H19FN2O. The SMILES string of the molecule is CCC(C)NC(=O)C1(c2c[nH]c3ccc(F)cc23)CC1. The van der Waals surface area contributed by atoms with E-state index in [1.165, 1.54) is 12.1 Å². The molecule has 0 bridgehead atoms. The topological polar surface area (TPSA) is 44.9 Å². The van der Waals surface area contributed by atoms with Gasteiger partial charge >= 0.3 is 0 Å². The molecule has 3 nitrogen and oxygen atoms in total. The molecule has 0 spiro atoms. The molecule has 3 rings (SSSR count). The minimum atomic E-state index is -0.463. The minimum absolute atomic E-state index is 0.0667. The molecule has 0 radical (unpaired) electrons. The van der Waals surface area contributed by atoms with Crippen LogP contribution < -0.4 is 5.32 Å². The number of fused-ring (bicyclic) bond motifs is 1. The van der Waals surface area contributed by atoms with Crippen molar-refractivity contribution in [1.29, 1.82) is 0 Å². The van der Waals surface area contributed by atoms with E-state index in [-0.39, 0.29) is 17.8 Å². The van der Waals surface area contributed by atoms with Gasteiger partial charge < -0.3 is 10.3 Å². The Hall–Kier alpha value is -1.84. The second-order valence-corrected chi connectivity index (χ2v) is 5.76. The number of amides is 1. The number of carbonyl (C=O) groups is 1. The largest absolute Gasteiger partial charge is 0.361 e. The monoisotopic (exact) mass is 274 g/mol. The Morgan fingerprint density at radius 1 is 1.50 bits per heavy atom. The third-order valence-electron chi connectivity index (χ3n) is 4.33. The average molecular weight is 274 g/mol. The van der Waals surface area contributed by atoms with Crippen molar-refractivity contribution in [3.8, 4) is 0 Å². The van der Waals surface area contributed by atoms with Crippen LogP contribution in [0.4, 0.5) is 4.39 Å². The number of carbonyl (C=O) groups excluding carboxylic acids is 1. The molecule has 1 atom stereocenters. The summed E-state index contributed by atoms with van der Waals surface area (Å²) < 4.78 is 13.5. The van der Waals surface area contributed by atoms with E-state index in [0.717, 1.165) is 35.7 Å². The van der Waals surface area contributed by atoms with Gasteiger partial charge in [0.15, 0.2) is 0 Å². The summed E-state index contributed by atoms with van der Waals surface area (Å²) in [7, 11) is 0. The van der Waals surface area contributed by atoms with Crippen LogP contribution in [-0.2, 0) is 10.2 Å². The highest BCUT2D eigenvalue weighted by atomic mass is 19.1. The summed E-state index contributed by atoms with van der Waals surface area (Å²) in [5.41, 5.74) is 1.34. The Labute approximate surface area is 117 Å². The van der Waals surface area contributed by atoms with E-state index in [9.17, 15) is 9.18 Å². The maximum atomic E-state index is 13.5. The maximum absolute atomic E-state index is 13.5. The molecule has 0 saturated heterocycles. The van der Waals surface area contributed by atoms with E-state index < -0.39 is 5.41 Å². The summed E-state index contributed by atoms with van der Waals surface area (Å²) in [5, 5.41) is 3.87. The average Bonchev–Trinajstić information content (AvgIpc) is 3.13. The van der Waals surface area contributed by atoms with Crippen molar-refractivity contribution < 1.29 is 9.18 Å². The predicted octanol–water partition coefficient (Wildman–Crippen LogP) is 3.25. The zero-order chi connectivity index (χ0) is 14.3. The van der Waals surface area contributed by atoms with Crippen LogP contribution in [0.15, 0.2) is 24.4 Å². The summed E-state index contributed by atoms with van der Waals surface area (Å²) in [5.74, 6) is -0.200. The van der Waals surface area contributed by atoms with Crippen molar-refractivity contribution in [3.05, 3.63) is 35.8 Å². The summed E-state index contributed by atoms with van der Waals surface area (Å²) in [6, 6.07) is 4.83. The Kier molecular flexibility index (Phi) is 3.04. The van der Waals surface area contributed by atoms with Gasteiger partial charge in [0.1, 0.15) is 5.82 Å². The number of nitrogens with one attached hydrogen (secondary N) is 2. The van der Waals surface area contributed by atoms with Crippen LogP contribution in [0.2, 0.25) is 0 Å². The van der Waals surface area contributed by atoms with Crippen LogP contribution in [-0.4, -0.2) is 16.9 Å². The molecule has 1 unspecified atom stereocenters. The van der Waals surface area contributed by atoms with Crippen molar-refractivity contribution in [2.45, 2.75) is 44.6 Å². The molecule has 20 heavy (non-hydrogen) atoms. The first-order valence-corrected chi connectivity index (χ1v) is 7.15. The fraction of sp³-hybridized carbons (Fsp3) is 0.438. The second kappa shape index (κ2) is 4.62. The van der Waals surface area contributed by atoms with Crippen LogP contribution in [0, 0.1) is 5.82 Å². The third kappa shape index (κ3) is 1.99. The summed E-state index contributed by atoms with van der Waals surface area (Å²) in [6.07, 6.45) is 4.43. The van der Waals surface area contributed by atoms with Crippen LogP contribution >= 0.6 is 0 Å². The molecule has 1 aliphatic rings. The lowest BCUT2D eigenvalue weighted by atomic mass is 9.94. The van der Waals surface area contributed by atoms with Crippen LogP contribution in [0.3, 0.4) is 0 Å². The molecule has 1 heterocycles. The highest BCUT2D eigenvalue weighted by molar-refractivity contribution is 5.97. The highest BCUT2D eigenvalue weighted by Gasteiger charge is 2.52. The Morgan fingerprint density at radius 3 is 2.90 bits per heavy atom. The molecule has 4 heteroatoms. The molecule has 0 aliphatic heterocycles. The number of H-pyrrole nitrogens is 1. The lowest BCUT2D eigenvalue weighted by Crippen LogP contribution is -2.39. The molecule has 1 saturated carbocycles. The van der Waals surface area contributed by atoms with Crippen LogP contribution in [0.1, 0.15) is 38.7 Å². The normalized spacial score (nSPS) is 17.9. The van der Waals surface area contributed by atoms with Gasteiger partial charge in [0.2, 0.25) is 5.91 Å². The van der Waals surface area contributed by atoms with E-state index in [1.807, 2.05) is 20.0 Å². The van der Waals surface area contributed by atoms with Gasteiger partial charge in [-0.2, -0.15) is 0 Å². The Morgan fingerprint density at radius 2 is 2.25 bits per heavy atom. The fourth-order valence-corrected chi connectivity index (χ4v) is 2.70. The molecule has 1 amide bonds. The molecule has 2 N–H and O–H groups in total. The number of benzene rings is 1. The molecule has 1 aromatic carbocycles. The molecule has 106 valence electrons. The van der Waals surface area contributed by atoms with Gasteiger partial charge in [-0.1, -0.05) is 6.92 Å². The number of hydrogen-bond donors (Lipinski definition) is 2. The number of aromatic nitrogens is 1. The first kappa shape index (κ1) is 13.2. The molecule has 1 fully saturated rings. The van der Waals surface area contributed by atoms with E-state index in [4.69, 9.17) is 0 Å². The predicted molar refractivity (Wildman–Crippen MR) is 77.1 cm³/mol.